The van der Waals surface area contributed by atoms with Crippen LogP contribution in [-0.4, -0.2) is 25.7 Å². The van der Waals surface area contributed by atoms with Gasteiger partial charge in [0, 0.05) is 12.0 Å². The molecule has 0 saturated heterocycles. The average Bonchev–Trinajstić information content (AvgIpc) is 2.38. The first kappa shape index (κ1) is 12.7. The van der Waals surface area contributed by atoms with Gasteiger partial charge in [0.05, 0.1) is 18.7 Å². The number of nitrogens with zero attached hydrogens (tertiary/aromatic N) is 1. The first-order valence-electron chi connectivity index (χ1n) is 4.91. The SMILES string of the molecule is COC(=O)OCCC(=O)c1cccc(C#N)c1. The third kappa shape index (κ3) is 3.95. The summed E-state index contributed by atoms with van der Waals surface area (Å²) in [5.74, 6) is -0.189. The molecule has 0 amide bonds. The van der Waals surface area contributed by atoms with Crippen molar-refractivity contribution in [3.05, 3.63) is 35.4 Å². The van der Waals surface area contributed by atoms with Crippen molar-refractivity contribution in [3.63, 3.8) is 0 Å². The van der Waals surface area contributed by atoms with E-state index in [2.05, 4.69) is 9.47 Å². The van der Waals surface area contributed by atoms with Crippen molar-refractivity contribution >= 4 is 11.9 Å². The maximum Gasteiger partial charge on any atom is 0.507 e. The molecule has 0 radical (unpaired) electrons. The predicted molar refractivity (Wildman–Crippen MR) is 58.5 cm³/mol. The van der Waals surface area contributed by atoms with Crippen LogP contribution >= 0.6 is 0 Å². The van der Waals surface area contributed by atoms with E-state index >= 15 is 0 Å². The Labute approximate surface area is 98.6 Å². The molecule has 0 saturated carbocycles. The minimum atomic E-state index is -0.816. The Morgan fingerprint density at radius 3 is 2.82 bits per heavy atom. The molecule has 17 heavy (non-hydrogen) atoms. The van der Waals surface area contributed by atoms with E-state index in [1.165, 1.54) is 13.2 Å². The molecule has 0 bridgehead atoms. The zero-order valence-electron chi connectivity index (χ0n) is 9.30. The molecule has 0 aliphatic carbocycles. The molecule has 0 fully saturated rings. The Balaban J connectivity index is 2.53. The van der Waals surface area contributed by atoms with Crippen LogP contribution in [0.15, 0.2) is 24.3 Å². The molecule has 88 valence electrons. The maximum atomic E-state index is 11.6. The summed E-state index contributed by atoms with van der Waals surface area (Å²) in [5.41, 5.74) is 0.849. The molecule has 1 aromatic rings. The Morgan fingerprint density at radius 2 is 2.18 bits per heavy atom. The summed E-state index contributed by atoms with van der Waals surface area (Å²) in [7, 11) is 1.19. The number of carbonyl (C=O) groups excluding carboxylic acids is 2. The van der Waals surface area contributed by atoms with Crippen molar-refractivity contribution in [2.45, 2.75) is 6.42 Å². The molecular weight excluding hydrogens is 222 g/mol. The van der Waals surface area contributed by atoms with Gasteiger partial charge < -0.3 is 9.47 Å². The number of hydrogen-bond donors (Lipinski definition) is 0. The third-order valence-corrected chi connectivity index (χ3v) is 2.03. The zero-order chi connectivity index (χ0) is 12.7. The summed E-state index contributed by atoms with van der Waals surface area (Å²) in [4.78, 5) is 22.3. The second kappa shape index (κ2) is 6.28. The second-order valence-electron chi connectivity index (χ2n) is 3.17. The molecule has 1 aromatic carbocycles. The molecule has 0 atom stereocenters. The smallest absolute Gasteiger partial charge is 0.438 e. The van der Waals surface area contributed by atoms with Crippen LogP contribution in [-0.2, 0) is 9.47 Å². The van der Waals surface area contributed by atoms with E-state index in [4.69, 9.17) is 5.26 Å². The summed E-state index contributed by atoms with van der Waals surface area (Å²) >= 11 is 0. The fourth-order valence-corrected chi connectivity index (χ4v) is 1.19. The van der Waals surface area contributed by atoms with E-state index in [-0.39, 0.29) is 18.8 Å². The van der Waals surface area contributed by atoms with Gasteiger partial charge in [0.15, 0.2) is 5.78 Å². The van der Waals surface area contributed by atoms with E-state index in [0.29, 0.717) is 11.1 Å². The largest absolute Gasteiger partial charge is 0.507 e. The van der Waals surface area contributed by atoms with Crippen LogP contribution in [0.1, 0.15) is 22.3 Å². The van der Waals surface area contributed by atoms with Gasteiger partial charge in [-0.15, -0.1) is 0 Å². The number of hydrogen-bond acceptors (Lipinski definition) is 5. The highest BCUT2D eigenvalue weighted by Crippen LogP contribution is 2.07. The number of carbonyl (C=O) groups is 2. The fourth-order valence-electron chi connectivity index (χ4n) is 1.19. The minimum absolute atomic E-state index is 0.0394. The molecule has 5 heteroatoms. The lowest BCUT2D eigenvalue weighted by atomic mass is 10.1. The topological polar surface area (TPSA) is 76.4 Å². The van der Waals surface area contributed by atoms with E-state index < -0.39 is 6.16 Å². The standard InChI is InChI=1S/C12H11NO4/c1-16-12(15)17-6-5-11(14)10-4-2-3-9(7-10)8-13/h2-4,7H,5-6H2,1H3. The monoisotopic (exact) mass is 233 g/mol. The quantitative estimate of drug-likeness (QED) is 0.586. The fraction of sp³-hybridized carbons (Fsp3) is 0.250. The van der Waals surface area contributed by atoms with Crippen LogP contribution in [0.5, 0.6) is 0 Å². The van der Waals surface area contributed by atoms with E-state index in [0.717, 1.165) is 0 Å². The van der Waals surface area contributed by atoms with Gasteiger partial charge in [0.2, 0.25) is 0 Å². The molecule has 5 nitrogen and oxygen atoms in total. The van der Waals surface area contributed by atoms with Crippen LogP contribution in [0.4, 0.5) is 4.79 Å². The minimum Gasteiger partial charge on any atom is -0.438 e. The molecule has 0 N–H and O–H groups in total. The van der Waals surface area contributed by atoms with Gasteiger partial charge >= 0.3 is 6.16 Å². The van der Waals surface area contributed by atoms with Gasteiger partial charge in [-0.3, -0.25) is 4.79 Å². The molecule has 0 heterocycles. The summed E-state index contributed by atoms with van der Waals surface area (Å²) < 4.78 is 8.85. The summed E-state index contributed by atoms with van der Waals surface area (Å²) in [6.45, 7) is -0.0394. The van der Waals surface area contributed by atoms with E-state index in [9.17, 15) is 9.59 Å². The number of benzene rings is 1. The highest BCUT2D eigenvalue weighted by atomic mass is 16.7. The van der Waals surface area contributed by atoms with Crippen molar-refractivity contribution in [2.24, 2.45) is 0 Å². The second-order valence-corrected chi connectivity index (χ2v) is 3.17. The third-order valence-electron chi connectivity index (χ3n) is 2.03. The molecular formula is C12H11NO4. The van der Waals surface area contributed by atoms with Crippen molar-refractivity contribution < 1.29 is 19.1 Å². The highest BCUT2D eigenvalue weighted by molar-refractivity contribution is 5.96. The number of rotatable bonds is 4. The van der Waals surface area contributed by atoms with Gasteiger partial charge in [0.25, 0.3) is 0 Å². The Bertz CT molecular complexity index is 462. The maximum absolute atomic E-state index is 11.6. The average molecular weight is 233 g/mol. The summed E-state index contributed by atoms with van der Waals surface area (Å²) in [6, 6.07) is 8.31. The van der Waals surface area contributed by atoms with Crippen molar-refractivity contribution in [2.75, 3.05) is 13.7 Å². The molecule has 1 rings (SSSR count). The van der Waals surface area contributed by atoms with Crippen LogP contribution in [0.25, 0.3) is 0 Å². The van der Waals surface area contributed by atoms with E-state index in [1.54, 1.807) is 18.2 Å². The lowest BCUT2D eigenvalue weighted by Gasteiger charge is -2.03. The molecule has 0 aromatic heterocycles. The number of methoxy groups -OCH3 is 1. The van der Waals surface area contributed by atoms with Gasteiger partial charge in [-0.25, -0.2) is 4.79 Å². The van der Waals surface area contributed by atoms with Crippen molar-refractivity contribution in [3.8, 4) is 6.07 Å². The van der Waals surface area contributed by atoms with Crippen molar-refractivity contribution in [1.29, 1.82) is 5.26 Å². The summed E-state index contributed by atoms with van der Waals surface area (Å²) in [5, 5.41) is 8.68. The molecule has 0 aliphatic rings. The molecule has 0 spiro atoms. The predicted octanol–water partition coefficient (Wildman–Crippen LogP) is 1.91. The molecule has 0 unspecified atom stereocenters. The highest BCUT2D eigenvalue weighted by Gasteiger charge is 2.08. The Hall–Kier alpha value is -2.35. The normalized spacial score (nSPS) is 9.18. The van der Waals surface area contributed by atoms with Gasteiger partial charge in [-0.05, 0) is 12.1 Å². The van der Waals surface area contributed by atoms with Crippen LogP contribution < -0.4 is 0 Å². The van der Waals surface area contributed by atoms with E-state index in [1.807, 2.05) is 6.07 Å². The first-order valence-corrected chi connectivity index (χ1v) is 4.91. The van der Waals surface area contributed by atoms with Gasteiger partial charge in [-0.1, -0.05) is 12.1 Å². The lowest BCUT2D eigenvalue weighted by Crippen LogP contribution is -2.09. The van der Waals surface area contributed by atoms with Crippen molar-refractivity contribution in [1.82, 2.24) is 0 Å². The van der Waals surface area contributed by atoms with Crippen LogP contribution in [0, 0.1) is 11.3 Å². The summed E-state index contributed by atoms with van der Waals surface area (Å²) in [6.07, 6.45) is -0.757. The number of ketones is 1. The number of ether oxygens (including phenoxy) is 2. The van der Waals surface area contributed by atoms with Crippen LogP contribution in [0.3, 0.4) is 0 Å². The lowest BCUT2D eigenvalue weighted by molar-refractivity contribution is 0.0683. The first-order chi connectivity index (χ1) is 8.17. The number of nitriles is 1. The Morgan fingerprint density at radius 1 is 1.41 bits per heavy atom. The number of Topliss-reactive ketones (excluding diaryl/α,β-unsaturated/α-hetero) is 1. The Kier molecular flexibility index (Phi) is 4.70. The zero-order valence-corrected chi connectivity index (χ0v) is 9.30. The molecule has 0 aliphatic heterocycles. The van der Waals surface area contributed by atoms with Gasteiger partial charge in [0.1, 0.15) is 6.61 Å². The van der Waals surface area contributed by atoms with Crippen LogP contribution in [0.2, 0.25) is 0 Å². The van der Waals surface area contributed by atoms with Gasteiger partial charge in [-0.2, -0.15) is 5.26 Å².